The first-order chi connectivity index (χ1) is 12.7. The van der Waals surface area contributed by atoms with E-state index in [0.717, 1.165) is 19.4 Å². The van der Waals surface area contributed by atoms with E-state index in [1.165, 1.54) is 18.0 Å². The molecule has 0 aliphatic rings. The third-order valence-corrected chi connectivity index (χ3v) is 4.04. The molecule has 6 heteroatoms. The maximum atomic E-state index is 12.2. The van der Waals surface area contributed by atoms with Crippen LogP contribution in [0.3, 0.4) is 0 Å². The number of amides is 1. The van der Waals surface area contributed by atoms with Crippen LogP contribution in [-0.2, 0) is 6.42 Å². The molecule has 0 radical (unpaired) electrons. The number of hydrogen-bond acceptors (Lipinski definition) is 4. The van der Waals surface area contributed by atoms with Gasteiger partial charge in [-0.1, -0.05) is 41.9 Å². The van der Waals surface area contributed by atoms with E-state index in [1.807, 2.05) is 18.2 Å². The zero-order valence-corrected chi connectivity index (χ0v) is 14.9. The zero-order chi connectivity index (χ0) is 18.2. The number of aromatic nitrogens is 2. The Labute approximate surface area is 157 Å². The summed E-state index contributed by atoms with van der Waals surface area (Å²) in [5.74, 6) is 0.254. The summed E-state index contributed by atoms with van der Waals surface area (Å²) in [6, 6.07) is 17.2. The van der Waals surface area contributed by atoms with Gasteiger partial charge in [-0.2, -0.15) is 0 Å². The predicted molar refractivity (Wildman–Crippen MR) is 105 cm³/mol. The highest BCUT2D eigenvalue weighted by molar-refractivity contribution is 6.30. The summed E-state index contributed by atoms with van der Waals surface area (Å²) < 4.78 is 0. The molecule has 0 fully saturated rings. The van der Waals surface area contributed by atoms with Gasteiger partial charge in [0.2, 0.25) is 5.95 Å². The molecular weight excluding hydrogens is 348 g/mol. The van der Waals surface area contributed by atoms with Crippen LogP contribution in [0.4, 0.5) is 11.6 Å². The van der Waals surface area contributed by atoms with Crippen molar-refractivity contribution in [3.05, 3.63) is 83.1 Å². The Bertz CT molecular complexity index is 836. The lowest BCUT2D eigenvalue weighted by Gasteiger charge is -2.07. The summed E-state index contributed by atoms with van der Waals surface area (Å²) in [7, 11) is 0. The van der Waals surface area contributed by atoms with Gasteiger partial charge in [-0.15, -0.1) is 0 Å². The first-order valence-electron chi connectivity index (χ1n) is 8.37. The second kappa shape index (κ2) is 8.97. The Morgan fingerprint density at radius 3 is 2.35 bits per heavy atom. The minimum Gasteiger partial charge on any atom is -0.354 e. The standard InChI is InChI=1S/C20H19ClN4O/c21-17-8-10-18(11-9-17)25-19(26)16-13-23-20(24-14-16)22-12-4-7-15-5-2-1-3-6-15/h1-3,5-6,8-11,13-14H,4,7,12H2,(H,25,26)(H,22,23,24). The number of nitrogens with one attached hydrogen (secondary N) is 2. The SMILES string of the molecule is O=C(Nc1ccc(Cl)cc1)c1cnc(NCCCc2ccccc2)nc1. The van der Waals surface area contributed by atoms with Crippen LogP contribution in [0, 0.1) is 0 Å². The molecule has 0 atom stereocenters. The lowest BCUT2D eigenvalue weighted by Crippen LogP contribution is -2.13. The molecule has 3 rings (SSSR count). The van der Waals surface area contributed by atoms with Crippen LogP contribution in [0.5, 0.6) is 0 Å². The van der Waals surface area contributed by atoms with Crippen LogP contribution >= 0.6 is 11.6 Å². The van der Waals surface area contributed by atoms with E-state index in [-0.39, 0.29) is 5.91 Å². The van der Waals surface area contributed by atoms with Gasteiger partial charge in [-0.25, -0.2) is 9.97 Å². The lowest BCUT2D eigenvalue weighted by molar-refractivity contribution is 0.102. The Morgan fingerprint density at radius 2 is 1.65 bits per heavy atom. The molecule has 0 aliphatic carbocycles. The van der Waals surface area contributed by atoms with E-state index in [2.05, 4.69) is 32.7 Å². The van der Waals surface area contributed by atoms with Crippen molar-refractivity contribution in [3.8, 4) is 0 Å². The number of carbonyl (C=O) groups is 1. The van der Waals surface area contributed by atoms with Gasteiger partial charge in [0.15, 0.2) is 0 Å². The molecule has 0 aliphatic heterocycles. The average Bonchev–Trinajstić information content (AvgIpc) is 2.68. The maximum Gasteiger partial charge on any atom is 0.258 e. The molecule has 0 saturated heterocycles. The van der Waals surface area contributed by atoms with Gasteiger partial charge in [-0.3, -0.25) is 4.79 Å². The molecule has 5 nitrogen and oxygen atoms in total. The van der Waals surface area contributed by atoms with Gasteiger partial charge < -0.3 is 10.6 Å². The third kappa shape index (κ3) is 5.29. The molecule has 0 saturated carbocycles. The molecule has 0 spiro atoms. The van der Waals surface area contributed by atoms with Crippen LogP contribution in [0.2, 0.25) is 5.02 Å². The van der Waals surface area contributed by atoms with Crippen molar-refractivity contribution in [2.24, 2.45) is 0 Å². The van der Waals surface area contributed by atoms with E-state index < -0.39 is 0 Å². The molecule has 3 aromatic rings. The van der Waals surface area contributed by atoms with Crippen molar-refractivity contribution in [1.29, 1.82) is 0 Å². The molecule has 26 heavy (non-hydrogen) atoms. The summed E-state index contributed by atoms with van der Waals surface area (Å²) in [5.41, 5.74) is 2.38. The fraction of sp³-hybridized carbons (Fsp3) is 0.150. The molecule has 1 aromatic heterocycles. The van der Waals surface area contributed by atoms with E-state index in [9.17, 15) is 4.79 Å². The largest absolute Gasteiger partial charge is 0.354 e. The minimum absolute atomic E-state index is 0.261. The number of hydrogen-bond donors (Lipinski definition) is 2. The summed E-state index contributed by atoms with van der Waals surface area (Å²) in [6.45, 7) is 0.769. The van der Waals surface area contributed by atoms with Gasteiger partial charge in [0.25, 0.3) is 5.91 Å². The summed E-state index contributed by atoms with van der Waals surface area (Å²) in [5, 5.41) is 6.57. The fourth-order valence-electron chi connectivity index (χ4n) is 2.41. The molecule has 132 valence electrons. The van der Waals surface area contributed by atoms with Crippen LogP contribution in [0.25, 0.3) is 0 Å². The normalized spacial score (nSPS) is 10.3. The fourth-order valence-corrected chi connectivity index (χ4v) is 2.54. The summed E-state index contributed by atoms with van der Waals surface area (Å²) in [6.07, 6.45) is 5.00. The number of aryl methyl sites for hydroxylation is 1. The highest BCUT2D eigenvalue weighted by atomic mass is 35.5. The Kier molecular flexibility index (Phi) is 6.17. The molecular formula is C20H19ClN4O. The van der Waals surface area contributed by atoms with Gasteiger partial charge in [0, 0.05) is 29.6 Å². The van der Waals surface area contributed by atoms with Crippen molar-refractivity contribution in [3.63, 3.8) is 0 Å². The molecule has 0 bridgehead atoms. The summed E-state index contributed by atoms with van der Waals surface area (Å²) >= 11 is 5.83. The topological polar surface area (TPSA) is 66.9 Å². The van der Waals surface area contributed by atoms with E-state index in [4.69, 9.17) is 11.6 Å². The first-order valence-corrected chi connectivity index (χ1v) is 8.75. The smallest absolute Gasteiger partial charge is 0.258 e. The minimum atomic E-state index is -0.261. The molecule has 0 unspecified atom stereocenters. The van der Waals surface area contributed by atoms with Crippen molar-refractivity contribution >= 4 is 29.1 Å². The van der Waals surface area contributed by atoms with Crippen LogP contribution in [0.1, 0.15) is 22.3 Å². The highest BCUT2D eigenvalue weighted by Gasteiger charge is 2.07. The Hall–Kier alpha value is -2.92. The van der Waals surface area contributed by atoms with Crippen molar-refractivity contribution in [1.82, 2.24) is 9.97 Å². The summed E-state index contributed by atoms with van der Waals surface area (Å²) in [4.78, 5) is 20.6. The first kappa shape index (κ1) is 17.9. The van der Waals surface area contributed by atoms with E-state index >= 15 is 0 Å². The highest BCUT2D eigenvalue weighted by Crippen LogP contribution is 2.14. The molecule has 2 aromatic carbocycles. The van der Waals surface area contributed by atoms with Gasteiger partial charge in [-0.05, 0) is 42.7 Å². The molecule has 1 amide bonds. The number of benzene rings is 2. The molecule has 2 N–H and O–H groups in total. The van der Waals surface area contributed by atoms with Crippen molar-refractivity contribution in [2.45, 2.75) is 12.8 Å². The zero-order valence-electron chi connectivity index (χ0n) is 14.2. The van der Waals surface area contributed by atoms with Crippen molar-refractivity contribution < 1.29 is 4.79 Å². The predicted octanol–water partition coefficient (Wildman–Crippen LogP) is 4.43. The second-order valence-electron chi connectivity index (χ2n) is 5.77. The van der Waals surface area contributed by atoms with Gasteiger partial charge >= 0.3 is 0 Å². The second-order valence-corrected chi connectivity index (χ2v) is 6.21. The van der Waals surface area contributed by atoms with E-state index in [1.54, 1.807) is 24.3 Å². The molecule has 1 heterocycles. The quantitative estimate of drug-likeness (QED) is 0.607. The Balaban J connectivity index is 1.46. The van der Waals surface area contributed by atoms with Crippen LogP contribution in [-0.4, -0.2) is 22.4 Å². The van der Waals surface area contributed by atoms with Crippen LogP contribution < -0.4 is 10.6 Å². The van der Waals surface area contributed by atoms with Crippen molar-refractivity contribution in [2.75, 3.05) is 17.2 Å². The van der Waals surface area contributed by atoms with E-state index in [0.29, 0.717) is 22.2 Å². The maximum absolute atomic E-state index is 12.2. The van der Waals surface area contributed by atoms with Crippen LogP contribution in [0.15, 0.2) is 67.0 Å². The Morgan fingerprint density at radius 1 is 0.962 bits per heavy atom. The number of anilines is 2. The monoisotopic (exact) mass is 366 g/mol. The number of nitrogens with zero attached hydrogens (tertiary/aromatic N) is 2. The number of rotatable bonds is 7. The number of carbonyl (C=O) groups excluding carboxylic acids is 1. The van der Waals surface area contributed by atoms with Gasteiger partial charge in [0.1, 0.15) is 0 Å². The number of halogens is 1. The average molecular weight is 367 g/mol. The van der Waals surface area contributed by atoms with Gasteiger partial charge in [0.05, 0.1) is 5.56 Å². The third-order valence-electron chi connectivity index (χ3n) is 3.78. The lowest BCUT2D eigenvalue weighted by atomic mass is 10.1.